The maximum Gasteiger partial charge on any atom is 0.00840 e. The summed E-state index contributed by atoms with van der Waals surface area (Å²) in [6.07, 6.45) is 11.0. The molecule has 0 aromatic carbocycles. The fourth-order valence-corrected chi connectivity index (χ4v) is 2.03. The fraction of sp³-hybridized carbons (Fsp3) is 0.308. The van der Waals surface area contributed by atoms with Gasteiger partial charge in [0.1, 0.15) is 0 Å². The van der Waals surface area contributed by atoms with E-state index in [9.17, 15) is 0 Å². The zero-order chi connectivity index (χ0) is 9.42. The predicted molar refractivity (Wildman–Crippen MR) is 57.1 cm³/mol. The van der Waals surface area contributed by atoms with E-state index in [2.05, 4.69) is 51.5 Å². The summed E-state index contributed by atoms with van der Waals surface area (Å²) in [5.74, 6) is 0.584. The maximum atomic E-state index is 2.28. The third-order valence-corrected chi connectivity index (χ3v) is 3.00. The quantitative estimate of drug-likeness (QED) is 0.522. The van der Waals surface area contributed by atoms with Crippen molar-refractivity contribution >= 4 is 0 Å². The molecule has 2 aliphatic rings. The highest BCUT2D eigenvalue weighted by molar-refractivity contribution is 5.57. The van der Waals surface area contributed by atoms with Crippen molar-refractivity contribution in [2.75, 3.05) is 0 Å². The monoisotopic (exact) mass is 171 g/mol. The van der Waals surface area contributed by atoms with Gasteiger partial charge in [-0.05, 0) is 25.0 Å². The van der Waals surface area contributed by atoms with E-state index in [0.717, 1.165) is 0 Å². The van der Waals surface area contributed by atoms with Gasteiger partial charge in [0.2, 0.25) is 0 Å². The molecule has 0 heteroatoms. The highest BCUT2D eigenvalue weighted by Gasteiger charge is 2.20. The van der Waals surface area contributed by atoms with Crippen LogP contribution >= 0.6 is 0 Å². The zero-order valence-electron chi connectivity index (χ0n) is 8.46. The lowest BCUT2D eigenvalue weighted by molar-refractivity contribution is 0.791. The van der Waals surface area contributed by atoms with Crippen molar-refractivity contribution in [2.45, 2.75) is 20.8 Å². The molecule has 2 rings (SSSR count). The van der Waals surface area contributed by atoms with E-state index in [1.807, 2.05) is 0 Å². The molecule has 0 amide bonds. The first-order valence-corrected chi connectivity index (χ1v) is 4.81. The van der Waals surface area contributed by atoms with Gasteiger partial charge in [0, 0.05) is 12.3 Å². The molecule has 67 valence electrons. The Morgan fingerprint density at radius 3 is 2.69 bits per heavy atom. The first-order valence-electron chi connectivity index (χ1n) is 4.81. The molecule has 0 saturated heterocycles. The summed E-state index contributed by atoms with van der Waals surface area (Å²) in [6.45, 7) is 6.68. The predicted octanol–water partition coefficient (Wildman–Crippen LogP) is 3.60. The molecule has 0 spiro atoms. The van der Waals surface area contributed by atoms with Crippen molar-refractivity contribution in [3.05, 3.63) is 53.0 Å². The molecule has 0 bridgehead atoms. The summed E-state index contributed by atoms with van der Waals surface area (Å²) in [6, 6.07) is 0. The van der Waals surface area contributed by atoms with Gasteiger partial charge < -0.3 is 0 Å². The molecule has 1 atom stereocenters. The second-order valence-electron chi connectivity index (χ2n) is 3.88. The molecule has 0 nitrogen and oxygen atoms in total. The zero-order valence-corrected chi connectivity index (χ0v) is 8.46. The topological polar surface area (TPSA) is 0 Å². The number of hydrogen-bond acceptors (Lipinski definition) is 0. The molecular formula is C13H15. The van der Waals surface area contributed by atoms with E-state index in [1.165, 1.54) is 22.3 Å². The van der Waals surface area contributed by atoms with Gasteiger partial charge in [-0.25, -0.2) is 0 Å². The van der Waals surface area contributed by atoms with Crippen molar-refractivity contribution in [1.29, 1.82) is 0 Å². The van der Waals surface area contributed by atoms with Gasteiger partial charge >= 0.3 is 0 Å². The van der Waals surface area contributed by atoms with Crippen LogP contribution in [0.25, 0.3) is 0 Å². The maximum absolute atomic E-state index is 2.28. The van der Waals surface area contributed by atoms with E-state index < -0.39 is 0 Å². The second-order valence-corrected chi connectivity index (χ2v) is 3.88. The van der Waals surface area contributed by atoms with E-state index in [-0.39, 0.29) is 0 Å². The van der Waals surface area contributed by atoms with Crippen LogP contribution in [0.5, 0.6) is 0 Å². The molecule has 0 heterocycles. The first kappa shape index (κ1) is 8.55. The average Bonchev–Trinajstić information content (AvgIpc) is 2.12. The molecular weight excluding hydrogens is 156 g/mol. The van der Waals surface area contributed by atoms with Gasteiger partial charge in [-0.2, -0.15) is 0 Å². The summed E-state index contributed by atoms with van der Waals surface area (Å²) in [5, 5.41) is 0. The van der Waals surface area contributed by atoms with Crippen LogP contribution in [0.2, 0.25) is 0 Å². The minimum absolute atomic E-state index is 0.584. The molecule has 0 fully saturated rings. The smallest absolute Gasteiger partial charge is 0.00840 e. The van der Waals surface area contributed by atoms with Gasteiger partial charge in [-0.1, -0.05) is 42.4 Å². The van der Waals surface area contributed by atoms with Crippen LogP contribution in [0, 0.1) is 12.3 Å². The van der Waals surface area contributed by atoms with Crippen LogP contribution in [-0.2, 0) is 0 Å². The fourth-order valence-electron chi connectivity index (χ4n) is 2.03. The van der Waals surface area contributed by atoms with Crippen molar-refractivity contribution in [3.63, 3.8) is 0 Å². The van der Waals surface area contributed by atoms with Gasteiger partial charge in [0.05, 0.1) is 0 Å². The highest BCUT2D eigenvalue weighted by Crippen LogP contribution is 2.36. The van der Waals surface area contributed by atoms with Crippen molar-refractivity contribution in [1.82, 2.24) is 0 Å². The summed E-state index contributed by atoms with van der Waals surface area (Å²) < 4.78 is 0. The van der Waals surface area contributed by atoms with Crippen LogP contribution in [-0.4, -0.2) is 0 Å². The average molecular weight is 171 g/mol. The minimum atomic E-state index is 0.584. The van der Waals surface area contributed by atoms with E-state index >= 15 is 0 Å². The molecule has 0 aromatic rings. The lowest BCUT2D eigenvalue weighted by atomic mass is 9.79. The summed E-state index contributed by atoms with van der Waals surface area (Å²) >= 11 is 0. The number of rotatable bonds is 0. The van der Waals surface area contributed by atoms with Gasteiger partial charge in [-0.15, -0.1) is 0 Å². The molecule has 1 unspecified atom stereocenters. The van der Waals surface area contributed by atoms with Crippen LogP contribution in [0.15, 0.2) is 46.6 Å². The van der Waals surface area contributed by atoms with E-state index in [4.69, 9.17) is 0 Å². The third-order valence-electron chi connectivity index (χ3n) is 3.00. The first-order chi connectivity index (χ1) is 6.20. The molecule has 0 saturated carbocycles. The van der Waals surface area contributed by atoms with Crippen molar-refractivity contribution in [2.24, 2.45) is 5.92 Å². The van der Waals surface area contributed by atoms with E-state index in [0.29, 0.717) is 5.92 Å². The van der Waals surface area contributed by atoms with Gasteiger partial charge in [0.25, 0.3) is 0 Å². The summed E-state index contributed by atoms with van der Waals surface area (Å²) in [4.78, 5) is 0. The van der Waals surface area contributed by atoms with Gasteiger partial charge in [-0.3, -0.25) is 0 Å². The van der Waals surface area contributed by atoms with Crippen LogP contribution in [0.3, 0.4) is 0 Å². The summed E-state index contributed by atoms with van der Waals surface area (Å²) in [5.41, 5.74) is 5.76. The molecule has 0 aliphatic heterocycles. The lowest BCUT2D eigenvalue weighted by Crippen LogP contribution is -2.11. The lowest BCUT2D eigenvalue weighted by Gasteiger charge is -2.26. The normalized spacial score (nSPS) is 26.8. The van der Waals surface area contributed by atoms with Crippen molar-refractivity contribution < 1.29 is 0 Å². The number of fused-ring (bicyclic) bond motifs is 1. The Hall–Kier alpha value is -1.04. The largest absolute Gasteiger partial charge is 0.0758 e. The van der Waals surface area contributed by atoms with Crippen LogP contribution in [0.4, 0.5) is 0 Å². The Bertz CT molecular complexity index is 348. The Labute approximate surface area is 80.3 Å². The molecule has 0 aromatic heterocycles. The Balaban J connectivity index is 2.52. The standard InChI is InChI=1S/C13H15/c1-9-7-8-12-6-4-5-10(2)13(12)11(9)3/h4-8,11H,1-3H3. The third kappa shape index (κ3) is 1.31. The van der Waals surface area contributed by atoms with Gasteiger partial charge in [0.15, 0.2) is 0 Å². The van der Waals surface area contributed by atoms with Crippen LogP contribution in [0.1, 0.15) is 20.8 Å². The minimum Gasteiger partial charge on any atom is -0.0758 e. The van der Waals surface area contributed by atoms with Crippen LogP contribution < -0.4 is 0 Å². The number of allylic oxidation sites excluding steroid dienone is 8. The Morgan fingerprint density at radius 2 is 1.92 bits per heavy atom. The Kier molecular flexibility index (Phi) is 1.99. The molecule has 13 heavy (non-hydrogen) atoms. The Morgan fingerprint density at radius 1 is 1.15 bits per heavy atom. The van der Waals surface area contributed by atoms with Crippen molar-refractivity contribution in [3.8, 4) is 0 Å². The molecule has 1 radical (unpaired) electrons. The molecule has 2 aliphatic carbocycles. The SMILES string of the molecule is CC1=CC=C2C=C[CH]C(C)=C2C1C. The second kappa shape index (κ2) is 3.02. The number of hydrogen-bond donors (Lipinski definition) is 0. The van der Waals surface area contributed by atoms with E-state index in [1.54, 1.807) is 0 Å². The molecule has 0 N–H and O–H groups in total. The highest BCUT2D eigenvalue weighted by atomic mass is 14.2. The summed E-state index contributed by atoms with van der Waals surface area (Å²) in [7, 11) is 0.